The third-order valence-corrected chi connectivity index (χ3v) is 6.47. The minimum Gasteiger partial charge on any atom is -0.291 e. The molecule has 1 amide bonds. The number of anilines is 1. The molecule has 2 aliphatic rings. The van der Waals surface area contributed by atoms with E-state index in [0.29, 0.717) is 12.2 Å². The van der Waals surface area contributed by atoms with Gasteiger partial charge in [0.15, 0.2) is 0 Å². The van der Waals surface area contributed by atoms with E-state index in [1.807, 2.05) is 25.1 Å². The summed E-state index contributed by atoms with van der Waals surface area (Å²) in [5.74, 6) is -0.810. The summed E-state index contributed by atoms with van der Waals surface area (Å²) in [6, 6.07) is 27.1. The molecule has 5 nitrogen and oxygen atoms in total. The van der Waals surface area contributed by atoms with Crippen LogP contribution in [0.4, 0.5) is 5.69 Å². The van der Waals surface area contributed by atoms with Crippen molar-refractivity contribution in [3.63, 3.8) is 0 Å². The van der Waals surface area contributed by atoms with E-state index in [9.17, 15) is 9.59 Å². The van der Waals surface area contributed by atoms with E-state index in [0.717, 1.165) is 37.4 Å². The van der Waals surface area contributed by atoms with Crippen LogP contribution in [0.2, 0.25) is 0 Å². The second-order valence-corrected chi connectivity index (χ2v) is 8.60. The second kappa shape index (κ2) is 8.69. The fraction of sp³-hybridized carbons (Fsp3) is 0.259. The average molecular weight is 426 g/mol. The summed E-state index contributed by atoms with van der Waals surface area (Å²) in [6.07, 6.45) is 0. The van der Waals surface area contributed by atoms with Crippen molar-refractivity contribution in [2.45, 2.75) is 13.0 Å². The van der Waals surface area contributed by atoms with Gasteiger partial charge in [-0.25, -0.2) is 0 Å². The number of piperazine rings is 1. The van der Waals surface area contributed by atoms with Crippen LogP contribution in [0.5, 0.6) is 0 Å². The van der Waals surface area contributed by atoms with E-state index < -0.39 is 11.7 Å². The summed E-state index contributed by atoms with van der Waals surface area (Å²) in [7, 11) is 0. The Balaban J connectivity index is 1.31. The molecule has 5 rings (SSSR count). The molecule has 3 aromatic rings. The van der Waals surface area contributed by atoms with Crippen LogP contribution in [0.25, 0.3) is 0 Å². The number of amides is 1. The van der Waals surface area contributed by atoms with E-state index in [4.69, 9.17) is 0 Å². The first-order valence-corrected chi connectivity index (χ1v) is 11.1. The number of rotatable bonds is 5. The highest BCUT2D eigenvalue weighted by atomic mass is 16.2. The van der Waals surface area contributed by atoms with Gasteiger partial charge in [-0.15, -0.1) is 0 Å². The van der Waals surface area contributed by atoms with Crippen LogP contribution in [-0.2, 0) is 4.79 Å². The smallest absolute Gasteiger partial charge is 0.291 e. The highest BCUT2D eigenvalue weighted by Gasteiger charge is 2.37. The number of aryl methyl sites for hydroxylation is 1. The van der Waals surface area contributed by atoms with Crippen LogP contribution >= 0.6 is 0 Å². The minimum absolute atomic E-state index is 0.207. The lowest BCUT2D eigenvalue weighted by Crippen LogP contribution is -2.51. The van der Waals surface area contributed by atoms with Crippen molar-refractivity contribution in [1.29, 1.82) is 0 Å². The third kappa shape index (κ3) is 3.85. The van der Waals surface area contributed by atoms with Crippen molar-refractivity contribution in [2.75, 3.05) is 37.7 Å². The molecule has 1 fully saturated rings. The molecule has 3 aromatic carbocycles. The van der Waals surface area contributed by atoms with Crippen LogP contribution in [-0.4, -0.2) is 54.3 Å². The van der Waals surface area contributed by atoms with Crippen LogP contribution in [0, 0.1) is 6.92 Å². The van der Waals surface area contributed by atoms with E-state index in [1.54, 1.807) is 4.90 Å². The maximum absolute atomic E-state index is 12.6. The number of Topliss-reactive ketones (excluding diaryl/α,β-unsaturated/α-hetero) is 1. The number of carbonyl (C=O) groups excluding carboxylic acids is 2. The Morgan fingerprint density at radius 1 is 0.781 bits per heavy atom. The summed E-state index contributed by atoms with van der Waals surface area (Å²) in [5.41, 5.74) is 4.84. The van der Waals surface area contributed by atoms with Crippen molar-refractivity contribution in [3.05, 3.63) is 101 Å². The number of benzene rings is 3. The van der Waals surface area contributed by atoms with Crippen molar-refractivity contribution in [2.24, 2.45) is 0 Å². The van der Waals surface area contributed by atoms with Gasteiger partial charge in [-0.05, 0) is 30.2 Å². The van der Waals surface area contributed by atoms with E-state index >= 15 is 0 Å². The maximum Gasteiger partial charge on any atom is 0.300 e. The summed E-state index contributed by atoms with van der Waals surface area (Å²) in [5, 5.41) is 0. The monoisotopic (exact) mass is 425 g/mol. The molecule has 2 aliphatic heterocycles. The number of hydrogen-bond acceptors (Lipinski definition) is 4. The van der Waals surface area contributed by atoms with Crippen LogP contribution in [0.15, 0.2) is 78.9 Å². The zero-order chi connectivity index (χ0) is 22.1. The summed E-state index contributed by atoms with van der Waals surface area (Å²) >= 11 is 0. The summed E-state index contributed by atoms with van der Waals surface area (Å²) in [6.45, 7) is 5.87. The Morgan fingerprint density at radius 2 is 1.38 bits per heavy atom. The zero-order valence-corrected chi connectivity index (χ0v) is 18.3. The number of nitrogens with zero attached hydrogens (tertiary/aromatic N) is 3. The topological polar surface area (TPSA) is 43.9 Å². The number of fused-ring (bicyclic) bond motifs is 1. The van der Waals surface area contributed by atoms with Gasteiger partial charge in [-0.3, -0.25) is 24.3 Å². The highest BCUT2D eigenvalue weighted by Crippen LogP contribution is 2.32. The second-order valence-electron chi connectivity index (χ2n) is 8.60. The summed E-state index contributed by atoms with van der Waals surface area (Å²) < 4.78 is 0. The lowest BCUT2D eigenvalue weighted by Gasteiger charge is -2.40. The van der Waals surface area contributed by atoms with Gasteiger partial charge in [0.25, 0.3) is 5.78 Å². The Kier molecular flexibility index (Phi) is 5.60. The predicted molar refractivity (Wildman–Crippen MR) is 126 cm³/mol. The molecule has 0 N–H and O–H groups in total. The maximum atomic E-state index is 12.6. The van der Waals surface area contributed by atoms with Gasteiger partial charge in [0, 0.05) is 26.2 Å². The van der Waals surface area contributed by atoms with Gasteiger partial charge in [-0.2, -0.15) is 0 Å². The van der Waals surface area contributed by atoms with Crippen LogP contribution in [0.1, 0.15) is 33.1 Å². The van der Waals surface area contributed by atoms with Gasteiger partial charge in [0.1, 0.15) is 0 Å². The lowest BCUT2D eigenvalue weighted by atomic mass is 9.96. The fourth-order valence-corrected chi connectivity index (χ4v) is 4.80. The first-order valence-electron chi connectivity index (χ1n) is 11.1. The Labute approximate surface area is 188 Å². The molecular formula is C27H27N3O2. The quantitative estimate of drug-likeness (QED) is 0.582. The number of ketones is 1. The predicted octanol–water partition coefficient (Wildman–Crippen LogP) is 3.89. The van der Waals surface area contributed by atoms with Crippen LogP contribution in [0.3, 0.4) is 0 Å². The number of hydrogen-bond donors (Lipinski definition) is 0. The molecule has 2 heterocycles. The molecule has 0 atom stereocenters. The molecule has 162 valence electrons. The van der Waals surface area contributed by atoms with Crippen LogP contribution < -0.4 is 4.90 Å². The molecule has 0 radical (unpaired) electrons. The standard InChI is InChI=1S/C27H27N3O2/c1-20-12-13-24-23(18-20)26(31)27(32)30(24)19-28-14-16-29(17-15-28)25(21-8-4-2-5-9-21)22-10-6-3-7-11-22/h2-13,18,25H,14-17,19H2,1H3. The van der Waals surface area contributed by atoms with Gasteiger partial charge in [0.2, 0.25) is 0 Å². The molecular weight excluding hydrogens is 398 g/mol. The lowest BCUT2D eigenvalue weighted by molar-refractivity contribution is -0.114. The van der Waals surface area contributed by atoms with Gasteiger partial charge < -0.3 is 0 Å². The first-order chi connectivity index (χ1) is 15.6. The molecule has 0 aromatic heterocycles. The molecule has 0 bridgehead atoms. The molecule has 0 aliphatic carbocycles. The zero-order valence-electron chi connectivity index (χ0n) is 18.3. The SMILES string of the molecule is Cc1ccc2c(c1)C(=O)C(=O)N2CN1CCN(C(c2ccccc2)c2ccccc2)CC1. The van der Waals surface area contributed by atoms with Gasteiger partial charge in [-0.1, -0.05) is 72.3 Å². The summed E-state index contributed by atoms with van der Waals surface area (Å²) in [4.78, 5) is 31.5. The van der Waals surface area contributed by atoms with Crippen molar-refractivity contribution in [3.8, 4) is 0 Å². The Bertz CT molecular complexity index is 1080. The fourth-order valence-electron chi connectivity index (χ4n) is 4.80. The molecule has 0 saturated carbocycles. The molecule has 0 spiro atoms. The Hall–Kier alpha value is -3.28. The molecule has 5 heteroatoms. The Morgan fingerprint density at radius 3 is 1.97 bits per heavy atom. The van der Waals surface area contributed by atoms with E-state index in [-0.39, 0.29) is 6.04 Å². The molecule has 32 heavy (non-hydrogen) atoms. The van der Waals surface area contributed by atoms with Crippen molar-refractivity contribution < 1.29 is 9.59 Å². The normalized spacial score (nSPS) is 17.2. The minimum atomic E-state index is -0.417. The largest absolute Gasteiger partial charge is 0.300 e. The van der Waals surface area contributed by atoms with E-state index in [1.165, 1.54) is 11.1 Å². The molecule has 0 unspecified atom stereocenters. The van der Waals surface area contributed by atoms with Crippen molar-refractivity contribution in [1.82, 2.24) is 9.80 Å². The highest BCUT2D eigenvalue weighted by molar-refractivity contribution is 6.52. The van der Waals surface area contributed by atoms with Gasteiger partial charge in [0.05, 0.1) is 24.0 Å². The number of carbonyl (C=O) groups is 2. The third-order valence-electron chi connectivity index (χ3n) is 6.47. The van der Waals surface area contributed by atoms with Crippen molar-refractivity contribution >= 4 is 17.4 Å². The van der Waals surface area contributed by atoms with E-state index in [2.05, 4.69) is 70.5 Å². The van der Waals surface area contributed by atoms with Gasteiger partial charge >= 0.3 is 5.91 Å². The first kappa shape index (κ1) is 20.6. The average Bonchev–Trinajstić information content (AvgIpc) is 3.06. The molecule has 1 saturated heterocycles.